The highest BCUT2D eigenvalue weighted by atomic mass is 35.5. The molecule has 19 rings (SSSR count). The Labute approximate surface area is 824 Å². The van der Waals surface area contributed by atoms with Crippen LogP contribution in [0.15, 0.2) is 114 Å². The number of carbonyl (C=O) groups excluding carboxylic acids is 5. The van der Waals surface area contributed by atoms with Gasteiger partial charge >= 0.3 is 0 Å². The second kappa shape index (κ2) is 47.6. The number of carbonyl (C=O) groups is 5. The van der Waals surface area contributed by atoms with Gasteiger partial charge in [0, 0.05) is 118 Å². The Kier molecular flexibility index (Phi) is 36.8. The molecule has 5 amide bonds. The van der Waals surface area contributed by atoms with Gasteiger partial charge in [-0.15, -0.1) is 0 Å². The van der Waals surface area contributed by atoms with Gasteiger partial charge in [-0.1, -0.05) is 183 Å². The van der Waals surface area contributed by atoms with Crippen molar-refractivity contribution in [3.8, 4) is 5.75 Å². The van der Waals surface area contributed by atoms with Crippen molar-refractivity contribution in [3.05, 3.63) is 195 Å². The van der Waals surface area contributed by atoms with E-state index in [2.05, 4.69) is 43.6 Å². The predicted molar refractivity (Wildman–Crippen MR) is 542 cm³/mol. The number of likely N-dealkylation sites (N-methyl/N-ethyl adjacent to an activating group) is 5. The zero-order valence-corrected chi connectivity index (χ0v) is 85.6. The van der Waals surface area contributed by atoms with Crippen molar-refractivity contribution in [2.45, 2.75) is 330 Å². The first-order valence-electron chi connectivity index (χ1n) is 50.8. The van der Waals surface area contributed by atoms with Gasteiger partial charge in [0.15, 0.2) is 0 Å². The fourth-order valence-corrected chi connectivity index (χ4v) is 25.8. The standard InChI is InChI=1S/C29H34N2O4.2C20H29ClN2O.2C19H26Cl2N2O.C2H6/c1-18-5-8-20-16-23-29(33)12-11-22(30(2)24(32)10-9-21-4-3-15-34-21)27-28(29,25(20)26(18)35-27)13-14-31(23)17-19-6-7-19;1-15-13-16(9-10-17(15)21)14-20(24)22(2)18-7-3-4-8-19(18)23-11-5-6-12-23;1-15-9-10-16(13-17(15)21)14-20(24)22(2)18-7-3-4-8-19(18)23-11-5-6-12-23;2*1-22(19(24)13-14-8-9-15(20)16(21)12-14)17-6-2-3-7-18(17)23-10-4-5-11-23;1-2/h3-5,8-10,15,19,22-23,27,33H,6-7,11-14,16-17H2,1-2H3;2*9-10,13,18-19H,3-8,11-12,14H2,1-2H3;2*8-9,12,17-18H,2-7,10-11,13H2,1H3;1-2H3/b10-9+;;;;;. The molecule has 2 bridgehead atoms. The molecule has 5 aromatic carbocycles. The molecule has 13 unspecified atom stereocenters. The molecule has 726 valence electrons. The van der Waals surface area contributed by atoms with Crippen molar-refractivity contribution in [1.29, 1.82) is 0 Å². The second-order valence-electron chi connectivity index (χ2n) is 40.5. The first-order valence-corrected chi connectivity index (χ1v) is 53.0. The van der Waals surface area contributed by atoms with Gasteiger partial charge in [0.2, 0.25) is 29.5 Å². The first-order chi connectivity index (χ1) is 64.2. The van der Waals surface area contributed by atoms with Crippen molar-refractivity contribution >= 4 is 105 Å². The summed E-state index contributed by atoms with van der Waals surface area (Å²) >= 11 is 36.4. The van der Waals surface area contributed by atoms with E-state index >= 15 is 0 Å². The molecule has 6 aromatic rings. The minimum absolute atomic E-state index is 0.0664. The fourth-order valence-electron chi connectivity index (χ4n) is 24.8. The maximum atomic E-state index is 13.2. The number of aryl methyl sites for hydroxylation is 3. The third-order valence-corrected chi connectivity index (χ3v) is 34.7. The van der Waals surface area contributed by atoms with E-state index in [0.29, 0.717) is 106 Å². The highest BCUT2D eigenvalue weighted by molar-refractivity contribution is 6.42. The van der Waals surface area contributed by atoms with E-state index in [1.165, 1.54) is 205 Å². The number of hydrogen-bond donors (Lipinski definition) is 1. The lowest BCUT2D eigenvalue weighted by Crippen LogP contribution is -2.78. The third-order valence-electron chi connectivity index (χ3n) is 32.4. The van der Waals surface area contributed by atoms with E-state index in [1.54, 1.807) is 42.7 Å². The summed E-state index contributed by atoms with van der Waals surface area (Å²) in [7, 11) is 9.82. The summed E-state index contributed by atoms with van der Waals surface area (Å²) in [6.07, 6.45) is 42.1. The second-order valence-corrected chi connectivity index (χ2v) is 43.0. The molecule has 24 heteroatoms. The van der Waals surface area contributed by atoms with E-state index in [0.717, 1.165) is 119 Å². The molecule has 6 aliphatic heterocycles. The number of piperidine rings is 1. The molecule has 1 spiro atoms. The van der Waals surface area contributed by atoms with Gasteiger partial charge in [0.25, 0.3) is 0 Å². The normalized spacial score (nSPS) is 27.3. The average Bonchev–Trinajstić information content (AvgIpc) is 1.49. The molecule has 1 N–H and O–H groups in total. The summed E-state index contributed by atoms with van der Waals surface area (Å²) in [6.45, 7) is 21.8. The Morgan fingerprint density at radius 2 is 0.805 bits per heavy atom. The maximum absolute atomic E-state index is 13.2. The number of hydrogen-bond acceptors (Lipinski definition) is 13. The highest BCUT2D eigenvalue weighted by Crippen LogP contribution is 2.65. The van der Waals surface area contributed by atoms with Crippen molar-refractivity contribution in [1.82, 2.24) is 49.0 Å². The van der Waals surface area contributed by atoms with Gasteiger partial charge in [-0.05, 0) is 326 Å². The van der Waals surface area contributed by atoms with Crippen molar-refractivity contribution in [2.24, 2.45) is 5.92 Å². The molecule has 133 heavy (non-hydrogen) atoms. The summed E-state index contributed by atoms with van der Waals surface area (Å²) in [5.74, 6) is 3.13. The molecule has 0 radical (unpaired) electrons. The maximum Gasteiger partial charge on any atom is 0.246 e. The number of ether oxygens (including phenoxy) is 1. The zero-order chi connectivity index (χ0) is 94.4. The molecule has 6 saturated carbocycles. The number of amides is 5. The quantitative estimate of drug-likeness (QED) is 0.0679. The Bertz CT molecular complexity index is 4500. The van der Waals surface area contributed by atoms with Crippen LogP contribution in [0.1, 0.15) is 256 Å². The SMILES string of the molecule is CC.CN(C(=O)Cc1ccc(Cl)c(Cl)c1)C1CCCCC1N1CCCC1.CN(C(=O)Cc1ccc(Cl)c(Cl)c1)C1CCCCC1N1CCCC1.Cc1cc(CC(=O)N(C)C2CCCCC2N2CCCC2)ccc1Cl.Cc1ccc(CC(=O)N(C)C2CCCCC2N2CCCC2)cc1Cl.Cc1ccc2c3c1OC1C(N(C)C(=O)/C=C/c4ccco4)CCC4(O)C(C2)N(CC2CC2)CCC314. The van der Waals surface area contributed by atoms with Crippen LogP contribution in [-0.2, 0) is 61.5 Å². The van der Waals surface area contributed by atoms with E-state index < -0.39 is 11.0 Å². The van der Waals surface area contributed by atoms with E-state index in [4.69, 9.17) is 78.8 Å². The van der Waals surface area contributed by atoms with Crippen LogP contribution in [0, 0.1) is 26.7 Å². The van der Waals surface area contributed by atoms with Crippen LogP contribution in [0.2, 0.25) is 30.1 Å². The Morgan fingerprint density at radius 3 is 1.20 bits per heavy atom. The number of nitrogens with zero attached hydrogens (tertiary/aromatic N) is 10. The molecule has 5 saturated heterocycles. The van der Waals surface area contributed by atoms with E-state index in [1.807, 2.05) is 148 Å². The van der Waals surface area contributed by atoms with Crippen LogP contribution in [0.3, 0.4) is 0 Å². The largest absolute Gasteiger partial charge is 0.487 e. The smallest absolute Gasteiger partial charge is 0.246 e. The number of aliphatic hydroxyl groups is 1. The molecule has 18 nitrogen and oxygen atoms in total. The van der Waals surface area contributed by atoms with Gasteiger partial charge in [-0.3, -0.25) is 48.5 Å². The summed E-state index contributed by atoms with van der Waals surface area (Å²) in [5.41, 5.74) is 8.41. The topological polar surface area (TPSA) is 160 Å². The molecule has 13 atom stereocenters. The van der Waals surface area contributed by atoms with Gasteiger partial charge in [-0.25, -0.2) is 0 Å². The molecular formula is C109H150Cl6N10O8. The lowest BCUT2D eigenvalue weighted by Gasteiger charge is -2.64. The lowest BCUT2D eigenvalue weighted by atomic mass is 9.48. The molecule has 1 aromatic heterocycles. The third kappa shape index (κ3) is 24.4. The number of furan rings is 1. The van der Waals surface area contributed by atoms with Crippen molar-refractivity contribution < 1.29 is 38.2 Å². The minimum atomic E-state index is -0.832. The molecule has 7 heterocycles. The van der Waals surface area contributed by atoms with Crippen LogP contribution < -0.4 is 4.74 Å². The van der Waals surface area contributed by atoms with Gasteiger partial charge in [0.1, 0.15) is 17.6 Å². The lowest BCUT2D eigenvalue weighted by molar-refractivity contribution is -0.200. The molecule has 11 fully saturated rings. The Hall–Kier alpha value is -6.23. The monoisotopic (exact) mass is 1940 g/mol. The van der Waals surface area contributed by atoms with Crippen LogP contribution in [0.5, 0.6) is 5.75 Å². The number of halogens is 6. The summed E-state index contributed by atoms with van der Waals surface area (Å²) in [6, 6.07) is 34.4. The Morgan fingerprint density at radius 1 is 0.414 bits per heavy atom. The van der Waals surface area contributed by atoms with E-state index in [9.17, 15) is 29.1 Å². The summed E-state index contributed by atoms with van der Waals surface area (Å²) in [4.78, 5) is 87.4. The van der Waals surface area contributed by atoms with Crippen LogP contribution in [0.25, 0.3) is 6.08 Å². The van der Waals surface area contributed by atoms with Crippen molar-refractivity contribution in [3.63, 3.8) is 0 Å². The number of rotatable bonds is 21. The number of likely N-dealkylation sites (tertiary alicyclic amines) is 5. The van der Waals surface area contributed by atoms with Crippen LogP contribution >= 0.6 is 69.6 Å². The number of benzene rings is 5. The molecule has 13 aliphatic rings. The summed E-state index contributed by atoms with van der Waals surface area (Å²) in [5, 5.41) is 16.2. The summed E-state index contributed by atoms with van der Waals surface area (Å²) < 4.78 is 12.2. The zero-order valence-electron chi connectivity index (χ0n) is 81.1. The molecular weight excluding hydrogens is 1790 g/mol. The molecule has 7 aliphatic carbocycles. The van der Waals surface area contributed by atoms with Crippen LogP contribution in [-0.4, -0.2) is 256 Å². The highest BCUT2D eigenvalue weighted by Gasteiger charge is 2.73. The van der Waals surface area contributed by atoms with Gasteiger partial charge in [-0.2, -0.15) is 0 Å². The first kappa shape index (κ1) is 103. The predicted octanol–water partition coefficient (Wildman–Crippen LogP) is 21.6. The van der Waals surface area contributed by atoms with E-state index in [-0.39, 0.29) is 47.7 Å². The van der Waals surface area contributed by atoms with Gasteiger partial charge < -0.3 is 38.8 Å². The van der Waals surface area contributed by atoms with Crippen LogP contribution in [0.4, 0.5) is 0 Å². The minimum Gasteiger partial charge on any atom is -0.487 e. The van der Waals surface area contributed by atoms with Gasteiger partial charge in [0.05, 0.1) is 69.1 Å². The van der Waals surface area contributed by atoms with Crippen molar-refractivity contribution in [2.75, 3.05) is 101 Å². The average molecular weight is 1940 g/mol. The Balaban J connectivity index is 0.000000134. The fraction of sp³-hybridized carbons (Fsp3) is 0.624.